The molecule has 0 fully saturated rings. The summed E-state index contributed by atoms with van der Waals surface area (Å²) in [6.07, 6.45) is 1.67. The highest BCUT2D eigenvalue weighted by Gasteiger charge is 2.27. The molecule has 3 rings (SSSR count). The summed E-state index contributed by atoms with van der Waals surface area (Å²) >= 11 is 0. The molecule has 3 atom stereocenters. The minimum atomic E-state index is -0.447. The topological polar surface area (TPSA) is 41.5 Å². The van der Waals surface area contributed by atoms with Gasteiger partial charge in [-0.2, -0.15) is 0 Å². The molecule has 2 aromatic rings. The Morgan fingerprint density at radius 1 is 1.18 bits per heavy atom. The first-order valence-corrected chi connectivity index (χ1v) is 7.85. The standard InChI is InChI=1S/C19H23NO2/c1-13(21)19(15-6-4-3-5-7-15)20-18-11-9-14-8-10-16(22-2)12-17(14)18/h3-8,10,12-13,18-21H,9,11H2,1-2H3. The molecule has 0 aromatic heterocycles. The number of methoxy groups -OCH3 is 1. The van der Waals surface area contributed by atoms with Gasteiger partial charge in [-0.25, -0.2) is 0 Å². The molecule has 1 aliphatic rings. The summed E-state index contributed by atoms with van der Waals surface area (Å²) in [6, 6.07) is 16.6. The van der Waals surface area contributed by atoms with Crippen molar-refractivity contribution in [2.75, 3.05) is 7.11 Å². The van der Waals surface area contributed by atoms with Crippen LogP contribution in [0.4, 0.5) is 0 Å². The molecule has 22 heavy (non-hydrogen) atoms. The Labute approximate surface area is 131 Å². The number of aliphatic hydroxyl groups excluding tert-OH is 1. The Hall–Kier alpha value is -1.84. The van der Waals surface area contributed by atoms with Gasteiger partial charge in [-0.05, 0) is 48.6 Å². The predicted octanol–water partition coefficient (Wildman–Crippen LogP) is 3.39. The molecule has 3 heteroatoms. The molecule has 0 saturated heterocycles. The van der Waals surface area contributed by atoms with E-state index >= 15 is 0 Å². The zero-order valence-electron chi connectivity index (χ0n) is 13.1. The lowest BCUT2D eigenvalue weighted by Gasteiger charge is -2.26. The quantitative estimate of drug-likeness (QED) is 0.889. The molecular weight excluding hydrogens is 274 g/mol. The molecule has 2 N–H and O–H groups in total. The molecular formula is C19H23NO2. The van der Waals surface area contributed by atoms with E-state index in [-0.39, 0.29) is 12.1 Å². The van der Waals surface area contributed by atoms with E-state index in [0.717, 1.165) is 24.2 Å². The Morgan fingerprint density at radius 3 is 2.64 bits per heavy atom. The molecule has 0 aliphatic heterocycles. The number of hydrogen-bond donors (Lipinski definition) is 2. The maximum absolute atomic E-state index is 10.2. The van der Waals surface area contributed by atoms with Gasteiger partial charge < -0.3 is 15.2 Å². The van der Waals surface area contributed by atoms with Crippen molar-refractivity contribution in [1.82, 2.24) is 5.32 Å². The zero-order valence-corrected chi connectivity index (χ0v) is 13.1. The summed E-state index contributed by atoms with van der Waals surface area (Å²) in [5.74, 6) is 0.890. The monoisotopic (exact) mass is 297 g/mol. The van der Waals surface area contributed by atoms with Gasteiger partial charge in [0, 0.05) is 6.04 Å². The van der Waals surface area contributed by atoms with Crippen molar-refractivity contribution >= 4 is 0 Å². The second kappa shape index (κ2) is 6.51. The van der Waals surface area contributed by atoms with Crippen molar-refractivity contribution in [1.29, 1.82) is 0 Å². The third-order valence-electron chi connectivity index (χ3n) is 4.45. The van der Waals surface area contributed by atoms with E-state index in [4.69, 9.17) is 4.74 Å². The molecule has 116 valence electrons. The van der Waals surface area contributed by atoms with Crippen LogP contribution >= 0.6 is 0 Å². The lowest BCUT2D eigenvalue weighted by atomic mass is 9.99. The van der Waals surface area contributed by atoms with Crippen LogP contribution in [0.1, 0.15) is 42.1 Å². The van der Waals surface area contributed by atoms with Crippen LogP contribution < -0.4 is 10.1 Å². The SMILES string of the molecule is COc1ccc2c(c1)C(NC(c1ccccc1)C(C)O)CC2. The van der Waals surface area contributed by atoms with Crippen LogP contribution in [0.5, 0.6) is 5.75 Å². The van der Waals surface area contributed by atoms with Crippen LogP contribution in [0.15, 0.2) is 48.5 Å². The minimum Gasteiger partial charge on any atom is -0.497 e. The molecule has 2 aromatic carbocycles. The second-order valence-electron chi connectivity index (χ2n) is 5.95. The van der Waals surface area contributed by atoms with Gasteiger partial charge in [0.05, 0.1) is 19.3 Å². The van der Waals surface area contributed by atoms with Crippen molar-refractivity contribution in [3.8, 4) is 5.75 Å². The molecule has 0 bridgehead atoms. The summed E-state index contributed by atoms with van der Waals surface area (Å²) in [4.78, 5) is 0. The third kappa shape index (κ3) is 3.01. The Morgan fingerprint density at radius 2 is 1.95 bits per heavy atom. The smallest absolute Gasteiger partial charge is 0.119 e. The fraction of sp³-hybridized carbons (Fsp3) is 0.368. The van der Waals surface area contributed by atoms with Gasteiger partial charge in [0.1, 0.15) is 5.75 Å². The van der Waals surface area contributed by atoms with E-state index in [2.05, 4.69) is 29.6 Å². The fourth-order valence-electron chi connectivity index (χ4n) is 3.27. The zero-order chi connectivity index (χ0) is 15.5. The lowest BCUT2D eigenvalue weighted by molar-refractivity contribution is 0.138. The summed E-state index contributed by atoms with van der Waals surface area (Å²) in [6.45, 7) is 1.84. The molecule has 1 aliphatic carbocycles. The highest BCUT2D eigenvalue weighted by Crippen LogP contribution is 2.35. The van der Waals surface area contributed by atoms with Crippen molar-refractivity contribution in [2.45, 2.75) is 38.0 Å². The Bertz CT molecular complexity index is 625. The fourth-order valence-corrected chi connectivity index (χ4v) is 3.27. The molecule has 0 amide bonds. The van der Waals surface area contributed by atoms with Crippen LogP contribution in [0, 0.1) is 0 Å². The first-order chi connectivity index (χ1) is 10.7. The van der Waals surface area contributed by atoms with E-state index in [0.29, 0.717) is 0 Å². The van der Waals surface area contributed by atoms with Gasteiger partial charge in [-0.1, -0.05) is 36.4 Å². The van der Waals surface area contributed by atoms with Gasteiger partial charge in [-0.3, -0.25) is 0 Å². The van der Waals surface area contributed by atoms with Crippen molar-refractivity contribution < 1.29 is 9.84 Å². The lowest BCUT2D eigenvalue weighted by Crippen LogP contribution is -2.32. The average Bonchev–Trinajstić information content (AvgIpc) is 2.95. The largest absolute Gasteiger partial charge is 0.497 e. The van der Waals surface area contributed by atoms with Crippen LogP contribution in [0.3, 0.4) is 0 Å². The molecule has 0 radical (unpaired) electrons. The van der Waals surface area contributed by atoms with Gasteiger partial charge >= 0.3 is 0 Å². The molecule has 0 saturated carbocycles. The number of fused-ring (bicyclic) bond motifs is 1. The van der Waals surface area contributed by atoms with E-state index in [9.17, 15) is 5.11 Å². The Balaban J connectivity index is 1.84. The Kier molecular flexibility index (Phi) is 4.46. The number of aliphatic hydroxyl groups is 1. The van der Waals surface area contributed by atoms with Crippen molar-refractivity contribution in [3.05, 3.63) is 65.2 Å². The molecule has 3 nitrogen and oxygen atoms in total. The second-order valence-corrected chi connectivity index (χ2v) is 5.95. The highest BCUT2D eigenvalue weighted by atomic mass is 16.5. The number of hydrogen-bond acceptors (Lipinski definition) is 3. The van der Waals surface area contributed by atoms with E-state index in [1.807, 2.05) is 31.2 Å². The third-order valence-corrected chi connectivity index (χ3v) is 4.45. The summed E-state index contributed by atoms with van der Waals surface area (Å²) in [5.41, 5.74) is 3.78. The van der Waals surface area contributed by atoms with Gasteiger partial charge in [-0.15, -0.1) is 0 Å². The first kappa shape index (κ1) is 15.1. The van der Waals surface area contributed by atoms with Crippen molar-refractivity contribution in [3.63, 3.8) is 0 Å². The van der Waals surface area contributed by atoms with Crippen LogP contribution in [0.2, 0.25) is 0 Å². The average molecular weight is 297 g/mol. The molecule has 0 heterocycles. The predicted molar refractivity (Wildman–Crippen MR) is 88.1 cm³/mol. The van der Waals surface area contributed by atoms with Crippen LogP contribution in [-0.4, -0.2) is 18.3 Å². The van der Waals surface area contributed by atoms with Gasteiger partial charge in [0.2, 0.25) is 0 Å². The van der Waals surface area contributed by atoms with E-state index in [1.54, 1.807) is 7.11 Å². The van der Waals surface area contributed by atoms with E-state index in [1.165, 1.54) is 11.1 Å². The number of ether oxygens (including phenoxy) is 1. The van der Waals surface area contributed by atoms with Crippen molar-refractivity contribution in [2.24, 2.45) is 0 Å². The number of benzene rings is 2. The number of nitrogens with one attached hydrogen (secondary N) is 1. The van der Waals surface area contributed by atoms with E-state index < -0.39 is 6.10 Å². The maximum Gasteiger partial charge on any atom is 0.119 e. The van der Waals surface area contributed by atoms with Gasteiger partial charge in [0.25, 0.3) is 0 Å². The summed E-state index contributed by atoms with van der Waals surface area (Å²) in [5, 5.41) is 13.8. The maximum atomic E-state index is 10.2. The number of rotatable bonds is 5. The molecule has 3 unspecified atom stereocenters. The highest BCUT2D eigenvalue weighted by molar-refractivity contribution is 5.41. The number of aryl methyl sites for hydroxylation is 1. The van der Waals surface area contributed by atoms with Crippen LogP contribution in [-0.2, 0) is 6.42 Å². The minimum absolute atomic E-state index is 0.0663. The molecule has 0 spiro atoms. The van der Waals surface area contributed by atoms with Crippen LogP contribution in [0.25, 0.3) is 0 Å². The summed E-state index contributed by atoms with van der Waals surface area (Å²) in [7, 11) is 1.70. The normalized spacial score (nSPS) is 19.5. The first-order valence-electron chi connectivity index (χ1n) is 7.85. The summed E-state index contributed by atoms with van der Waals surface area (Å²) < 4.78 is 5.35. The van der Waals surface area contributed by atoms with Gasteiger partial charge in [0.15, 0.2) is 0 Å².